The lowest BCUT2D eigenvalue weighted by molar-refractivity contribution is 0.242. The Morgan fingerprint density at radius 1 is 1.12 bits per heavy atom. The van der Waals surface area contributed by atoms with Crippen molar-refractivity contribution >= 4 is 28.9 Å². The summed E-state index contributed by atoms with van der Waals surface area (Å²) in [5.41, 5.74) is 1.03. The Kier molecular flexibility index (Phi) is 4.05. The molecule has 1 aliphatic heterocycles. The molecule has 1 aromatic rings. The molecular formula is C13H17Cl2NO. The summed E-state index contributed by atoms with van der Waals surface area (Å²) in [7, 11) is 0. The van der Waals surface area contributed by atoms with Gasteiger partial charge in [0.15, 0.2) is 0 Å². The van der Waals surface area contributed by atoms with Crippen LogP contribution in [0.4, 0.5) is 5.69 Å². The Morgan fingerprint density at radius 3 is 2.35 bits per heavy atom. The zero-order valence-corrected chi connectivity index (χ0v) is 11.7. The fourth-order valence-corrected chi connectivity index (χ4v) is 2.61. The number of nitrogens with zero attached hydrogens (tertiary/aromatic N) is 1. The van der Waals surface area contributed by atoms with Crippen molar-refractivity contribution in [3.8, 4) is 5.75 Å². The van der Waals surface area contributed by atoms with Gasteiger partial charge < -0.3 is 9.64 Å². The van der Waals surface area contributed by atoms with Gasteiger partial charge in [-0.3, -0.25) is 0 Å². The Balaban J connectivity index is 2.31. The van der Waals surface area contributed by atoms with Gasteiger partial charge in [-0.2, -0.15) is 0 Å². The third-order valence-corrected chi connectivity index (χ3v) is 3.41. The number of hydrogen-bond acceptors (Lipinski definition) is 2. The molecule has 2 nitrogen and oxygen atoms in total. The van der Waals surface area contributed by atoms with Crippen molar-refractivity contribution < 1.29 is 4.74 Å². The summed E-state index contributed by atoms with van der Waals surface area (Å²) in [6.45, 7) is 6.09. The molecule has 0 bridgehead atoms. The van der Waals surface area contributed by atoms with E-state index >= 15 is 0 Å². The second-order valence-corrected chi connectivity index (χ2v) is 5.41. The number of hydrogen-bond donors (Lipinski definition) is 0. The van der Waals surface area contributed by atoms with E-state index in [0.717, 1.165) is 18.8 Å². The molecule has 2 rings (SSSR count). The van der Waals surface area contributed by atoms with Crippen molar-refractivity contribution in [3.05, 3.63) is 22.2 Å². The third-order valence-electron chi connectivity index (χ3n) is 2.81. The van der Waals surface area contributed by atoms with Crippen LogP contribution in [-0.2, 0) is 0 Å². The van der Waals surface area contributed by atoms with Crippen LogP contribution in [0.3, 0.4) is 0 Å². The fourth-order valence-electron chi connectivity index (χ4n) is 2.06. The summed E-state index contributed by atoms with van der Waals surface area (Å²) >= 11 is 12.4. The van der Waals surface area contributed by atoms with E-state index in [0.29, 0.717) is 15.8 Å². The number of anilines is 1. The Morgan fingerprint density at radius 2 is 1.76 bits per heavy atom. The smallest absolute Gasteiger partial charge is 0.140 e. The predicted molar refractivity (Wildman–Crippen MR) is 73.7 cm³/mol. The molecule has 0 saturated carbocycles. The van der Waals surface area contributed by atoms with Crippen molar-refractivity contribution in [2.75, 3.05) is 18.0 Å². The van der Waals surface area contributed by atoms with Crippen LogP contribution in [-0.4, -0.2) is 19.2 Å². The van der Waals surface area contributed by atoms with E-state index < -0.39 is 0 Å². The predicted octanol–water partition coefficient (Wildman–Crippen LogP) is 4.38. The summed E-state index contributed by atoms with van der Waals surface area (Å²) in [6.07, 6.45) is 2.55. The zero-order chi connectivity index (χ0) is 12.4. The molecule has 1 aromatic carbocycles. The minimum absolute atomic E-state index is 0.111. The first-order chi connectivity index (χ1) is 8.08. The van der Waals surface area contributed by atoms with E-state index in [-0.39, 0.29) is 6.10 Å². The van der Waals surface area contributed by atoms with Crippen LogP contribution < -0.4 is 9.64 Å². The van der Waals surface area contributed by atoms with Gasteiger partial charge in [-0.1, -0.05) is 23.2 Å². The molecule has 1 heterocycles. The van der Waals surface area contributed by atoms with Crippen LogP contribution in [0.25, 0.3) is 0 Å². The lowest BCUT2D eigenvalue weighted by Gasteiger charge is -2.21. The van der Waals surface area contributed by atoms with E-state index in [1.54, 1.807) is 6.07 Å². The van der Waals surface area contributed by atoms with Crippen LogP contribution in [0.5, 0.6) is 5.75 Å². The van der Waals surface area contributed by atoms with Gasteiger partial charge in [0.1, 0.15) is 5.75 Å². The van der Waals surface area contributed by atoms with E-state index in [4.69, 9.17) is 27.9 Å². The molecule has 17 heavy (non-hydrogen) atoms. The monoisotopic (exact) mass is 273 g/mol. The van der Waals surface area contributed by atoms with E-state index in [2.05, 4.69) is 4.90 Å². The first-order valence-corrected chi connectivity index (χ1v) is 6.74. The summed E-state index contributed by atoms with van der Waals surface area (Å²) < 4.78 is 5.68. The van der Waals surface area contributed by atoms with Crippen molar-refractivity contribution in [3.63, 3.8) is 0 Å². The van der Waals surface area contributed by atoms with Crippen LogP contribution in [0.15, 0.2) is 12.1 Å². The van der Waals surface area contributed by atoms with Crippen LogP contribution >= 0.6 is 23.2 Å². The standard InChI is InChI=1S/C13H17Cl2NO/c1-9(2)17-13-8-12(10(14)7-11(13)15)16-5-3-4-6-16/h7-9H,3-6H2,1-2H3. The Hall–Kier alpha value is -0.600. The van der Waals surface area contributed by atoms with Crippen molar-refractivity contribution in [1.29, 1.82) is 0 Å². The minimum Gasteiger partial charge on any atom is -0.489 e. The van der Waals surface area contributed by atoms with E-state index in [1.807, 2.05) is 19.9 Å². The molecule has 0 aromatic heterocycles. The maximum Gasteiger partial charge on any atom is 0.140 e. The molecule has 1 fully saturated rings. The van der Waals surface area contributed by atoms with Crippen molar-refractivity contribution in [2.45, 2.75) is 32.8 Å². The maximum atomic E-state index is 6.24. The molecule has 0 spiro atoms. The molecule has 4 heteroatoms. The fraction of sp³-hybridized carbons (Fsp3) is 0.538. The SMILES string of the molecule is CC(C)Oc1cc(N2CCCC2)c(Cl)cc1Cl. The number of rotatable bonds is 3. The third kappa shape index (κ3) is 2.99. The van der Waals surface area contributed by atoms with Crippen LogP contribution in [0.1, 0.15) is 26.7 Å². The van der Waals surface area contributed by atoms with Gasteiger partial charge in [-0.05, 0) is 32.8 Å². The number of halogens is 2. The van der Waals surface area contributed by atoms with E-state index in [9.17, 15) is 0 Å². The molecule has 1 aliphatic rings. The van der Waals surface area contributed by atoms with Gasteiger partial charge in [0.2, 0.25) is 0 Å². The molecule has 1 saturated heterocycles. The van der Waals surface area contributed by atoms with Gasteiger partial charge in [0, 0.05) is 19.2 Å². The first-order valence-electron chi connectivity index (χ1n) is 5.98. The number of benzene rings is 1. The Labute approximate surface area is 112 Å². The van der Waals surface area contributed by atoms with Crippen LogP contribution in [0.2, 0.25) is 10.0 Å². The van der Waals surface area contributed by atoms with Crippen LogP contribution in [0, 0.1) is 0 Å². The van der Waals surface area contributed by atoms with Crippen molar-refractivity contribution in [1.82, 2.24) is 0 Å². The topological polar surface area (TPSA) is 12.5 Å². The highest BCUT2D eigenvalue weighted by molar-refractivity contribution is 6.37. The summed E-state index contributed by atoms with van der Waals surface area (Å²) in [5, 5.41) is 1.28. The summed E-state index contributed by atoms with van der Waals surface area (Å²) in [5.74, 6) is 0.716. The van der Waals surface area contributed by atoms with Gasteiger partial charge in [0.05, 0.1) is 21.8 Å². The lowest BCUT2D eigenvalue weighted by Crippen LogP contribution is -2.18. The summed E-state index contributed by atoms with van der Waals surface area (Å²) in [4.78, 5) is 2.28. The molecule has 0 atom stereocenters. The van der Waals surface area contributed by atoms with Crippen molar-refractivity contribution in [2.24, 2.45) is 0 Å². The molecule has 94 valence electrons. The molecular weight excluding hydrogens is 257 g/mol. The Bertz CT molecular complexity index is 401. The highest BCUT2D eigenvalue weighted by atomic mass is 35.5. The lowest BCUT2D eigenvalue weighted by atomic mass is 10.2. The van der Waals surface area contributed by atoms with Gasteiger partial charge in [-0.15, -0.1) is 0 Å². The average molecular weight is 274 g/mol. The minimum atomic E-state index is 0.111. The maximum absolute atomic E-state index is 6.24. The molecule has 0 aliphatic carbocycles. The summed E-state index contributed by atoms with van der Waals surface area (Å²) in [6, 6.07) is 3.73. The van der Waals surface area contributed by atoms with Gasteiger partial charge >= 0.3 is 0 Å². The highest BCUT2D eigenvalue weighted by Crippen LogP contribution is 2.37. The largest absolute Gasteiger partial charge is 0.489 e. The molecule has 0 unspecified atom stereocenters. The van der Waals surface area contributed by atoms with Gasteiger partial charge in [-0.25, -0.2) is 0 Å². The highest BCUT2D eigenvalue weighted by Gasteiger charge is 2.18. The molecule has 0 amide bonds. The van der Waals surface area contributed by atoms with Gasteiger partial charge in [0.25, 0.3) is 0 Å². The average Bonchev–Trinajstić information content (AvgIpc) is 2.74. The normalized spacial score (nSPS) is 15.7. The zero-order valence-electron chi connectivity index (χ0n) is 10.2. The second-order valence-electron chi connectivity index (χ2n) is 4.59. The van der Waals surface area contributed by atoms with E-state index in [1.165, 1.54) is 12.8 Å². The quantitative estimate of drug-likeness (QED) is 0.811. The number of ether oxygens (including phenoxy) is 1. The first kappa shape index (κ1) is 12.8. The second kappa shape index (κ2) is 5.36. The molecule has 0 radical (unpaired) electrons. The molecule has 0 N–H and O–H groups in total.